The average molecular weight is 320 g/mol. The third kappa shape index (κ3) is 5.66. The largest absolute Gasteiger partial charge is 0.465 e. The van der Waals surface area contributed by atoms with Crippen molar-refractivity contribution in [2.45, 2.75) is 26.8 Å². The molecular formula is C12H18BrNO2S. The first kappa shape index (κ1) is 14.7. The zero-order valence-corrected chi connectivity index (χ0v) is 12.6. The van der Waals surface area contributed by atoms with Crippen molar-refractivity contribution in [3.8, 4) is 0 Å². The Morgan fingerprint density at radius 2 is 2.24 bits per heavy atom. The summed E-state index contributed by atoms with van der Waals surface area (Å²) in [6.07, 6.45) is 1.03. The van der Waals surface area contributed by atoms with Gasteiger partial charge in [-0.2, -0.15) is 0 Å². The Morgan fingerprint density at radius 1 is 1.47 bits per heavy atom. The van der Waals surface area contributed by atoms with Crippen molar-refractivity contribution in [3.63, 3.8) is 0 Å². The van der Waals surface area contributed by atoms with Gasteiger partial charge in [0.2, 0.25) is 0 Å². The van der Waals surface area contributed by atoms with Crippen LogP contribution >= 0.6 is 27.3 Å². The number of rotatable bonds is 7. The van der Waals surface area contributed by atoms with Gasteiger partial charge in [-0.3, -0.25) is 9.69 Å². The van der Waals surface area contributed by atoms with Crippen molar-refractivity contribution in [1.82, 2.24) is 4.90 Å². The summed E-state index contributed by atoms with van der Waals surface area (Å²) in [4.78, 5) is 14.8. The first-order chi connectivity index (χ1) is 8.15. The number of thiophene rings is 1. The molecule has 1 aromatic heterocycles. The highest BCUT2D eigenvalue weighted by molar-refractivity contribution is 9.11. The Balaban J connectivity index is 2.50. The molecule has 0 saturated heterocycles. The van der Waals surface area contributed by atoms with Gasteiger partial charge in [0.05, 0.1) is 16.9 Å². The number of esters is 1. The van der Waals surface area contributed by atoms with Crippen LogP contribution in [0.25, 0.3) is 0 Å². The second-order valence-electron chi connectivity index (χ2n) is 3.72. The Hall–Kier alpha value is -0.390. The van der Waals surface area contributed by atoms with Crippen LogP contribution in [0.2, 0.25) is 0 Å². The Bertz CT molecular complexity index is 354. The molecule has 1 rings (SSSR count). The molecule has 0 radical (unpaired) electrons. The van der Waals surface area contributed by atoms with E-state index in [2.05, 4.69) is 33.8 Å². The second-order valence-corrected chi connectivity index (χ2v) is 6.27. The zero-order valence-electron chi connectivity index (χ0n) is 10.2. The molecule has 0 unspecified atom stereocenters. The molecular weight excluding hydrogens is 302 g/mol. The highest BCUT2D eigenvalue weighted by atomic mass is 79.9. The maximum absolute atomic E-state index is 11.5. The summed E-state index contributed by atoms with van der Waals surface area (Å²) in [5, 5.41) is 0. The van der Waals surface area contributed by atoms with Gasteiger partial charge in [-0.25, -0.2) is 0 Å². The van der Waals surface area contributed by atoms with Gasteiger partial charge in [0.1, 0.15) is 0 Å². The summed E-state index contributed by atoms with van der Waals surface area (Å²) in [5.74, 6) is -0.142. The molecule has 0 aliphatic heterocycles. The lowest BCUT2D eigenvalue weighted by Gasteiger charge is -2.19. The van der Waals surface area contributed by atoms with Crippen molar-refractivity contribution in [3.05, 3.63) is 20.8 Å². The van der Waals surface area contributed by atoms with E-state index >= 15 is 0 Å². The fourth-order valence-corrected chi connectivity index (χ4v) is 3.10. The summed E-state index contributed by atoms with van der Waals surface area (Å²) in [6, 6.07) is 4.12. The van der Waals surface area contributed by atoms with Crippen LogP contribution in [-0.2, 0) is 16.1 Å². The molecule has 96 valence electrons. The lowest BCUT2D eigenvalue weighted by Crippen LogP contribution is -2.31. The standard InChI is InChI=1S/C12H18BrNO2S/c1-3-7-14(9-12(15)16-4-2)8-10-5-6-11(13)17-10/h5-6H,3-4,7-9H2,1-2H3. The smallest absolute Gasteiger partial charge is 0.320 e. The van der Waals surface area contributed by atoms with Gasteiger partial charge in [0.25, 0.3) is 0 Å². The van der Waals surface area contributed by atoms with E-state index in [1.807, 2.05) is 13.0 Å². The fraction of sp³-hybridized carbons (Fsp3) is 0.583. The normalized spacial score (nSPS) is 10.8. The van der Waals surface area contributed by atoms with Gasteiger partial charge in [0.15, 0.2) is 0 Å². The van der Waals surface area contributed by atoms with Crippen LogP contribution in [0, 0.1) is 0 Å². The lowest BCUT2D eigenvalue weighted by atomic mass is 10.3. The number of carbonyl (C=O) groups excluding carboxylic acids is 1. The van der Waals surface area contributed by atoms with Crippen molar-refractivity contribution >= 4 is 33.2 Å². The summed E-state index contributed by atoms with van der Waals surface area (Å²) >= 11 is 5.15. The zero-order chi connectivity index (χ0) is 12.7. The van der Waals surface area contributed by atoms with Gasteiger partial charge in [-0.05, 0) is 48.0 Å². The number of hydrogen-bond donors (Lipinski definition) is 0. The number of carbonyl (C=O) groups is 1. The topological polar surface area (TPSA) is 29.5 Å². The fourth-order valence-electron chi connectivity index (χ4n) is 1.58. The first-order valence-corrected chi connectivity index (χ1v) is 7.38. The van der Waals surface area contributed by atoms with Crippen LogP contribution in [-0.4, -0.2) is 30.6 Å². The molecule has 0 amide bonds. The van der Waals surface area contributed by atoms with Crippen molar-refractivity contribution in [1.29, 1.82) is 0 Å². The van der Waals surface area contributed by atoms with Gasteiger partial charge >= 0.3 is 5.97 Å². The van der Waals surface area contributed by atoms with E-state index in [9.17, 15) is 4.79 Å². The van der Waals surface area contributed by atoms with E-state index in [0.717, 1.165) is 23.3 Å². The molecule has 0 saturated carbocycles. The van der Waals surface area contributed by atoms with E-state index < -0.39 is 0 Å². The molecule has 0 bridgehead atoms. The highest BCUT2D eigenvalue weighted by Crippen LogP contribution is 2.23. The Kier molecular flexibility index (Phi) is 6.77. The molecule has 1 heterocycles. The minimum Gasteiger partial charge on any atom is -0.465 e. The summed E-state index contributed by atoms with van der Waals surface area (Å²) in [6.45, 7) is 6.48. The maximum atomic E-state index is 11.5. The van der Waals surface area contributed by atoms with Gasteiger partial charge in [-0.1, -0.05) is 6.92 Å². The Labute approximate surface area is 115 Å². The van der Waals surface area contributed by atoms with Crippen molar-refractivity contribution in [2.24, 2.45) is 0 Å². The quantitative estimate of drug-likeness (QED) is 0.722. The Morgan fingerprint density at radius 3 is 2.76 bits per heavy atom. The summed E-state index contributed by atoms with van der Waals surface area (Å²) < 4.78 is 6.10. The molecule has 0 aromatic carbocycles. The maximum Gasteiger partial charge on any atom is 0.320 e. The molecule has 17 heavy (non-hydrogen) atoms. The monoisotopic (exact) mass is 319 g/mol. The molecule has 0 atom stereocenters. The minimum atomic E-state index is -0.142. The van der Waals surface area contributed by atoms with Crippen LogP contribution in [0.5, 0.6) is 0 Å². The highest BCUT2D eigenvalue weighted by Gasteiger charge is 2.12. The van der Waals surface area contributed by atoms with E-state index in [0.29, 0.717) is 13.2 Å². The van der Waals surface area contributed by atoms with Crippen molar-refractivity contribution in [2.75, 3.05) is 19.7 Å². The molecule has 0 fully saturated rings. The van der Waals surface area contributed by atoms with Crippen LogP contribution in [0.1, 0.15) is 25.1 Å². The van der Waals surface area contributed by atoms with Crippen LogP contribution in [0.3, 0.4) is 0 Å². The molecule has 5 heteroatoms. The van der Waals surface area contributed by atoms with Crippen LogP contribution < -0.4 is 0 Å². The average Bonchev–Trinajstić information content (AvgIpc) is 2.64. The molecule has 1 aromatic rings. The third-order valence-corrected chi connectivity index (χ3v) is 3.81. The first-order valence-electron chi connectivity index (χ1n) is 5.77. The molecule has 0 aliphatic carbocycles. The molecule has 0 aliphatic rings. The van der Waals surface area contributed by atoms with Gasteiger partial charge < -0.3 is 4.74 Å². The molecule has 3 nitrogen and oxygen atoms in total. The van der Waals surface area contributed by atoms with E-state index in [1.54, 1.807) is 11.3 Å². The summed E-state index contributed by atoms with van der Waals surface area (Å²) in [7, 11) is 0. The number of hydrogen-bond acceptors (Lipinski definition) is 4. The summed E-state index contributed by atoms with van der Waals surface area (Å²) in [5.41, 5.74) is 0. The van der Waals surface area contributed by atoms with Gasteiger partial charge in [-0.15, -0.1) is 11.3 Å². The predicted octanol–water partition coefficient (Wildman–Crippen LogP) is 3.29. The minimum absolute atomic E-state index is 0.142. The SMILES string of the molecule is CCCN(CC(=O)OCC)Cc1ccc(Br)s1. The van der Waals surface area contributed by atoms with E-state index in [4.69, 9.17) is 4.74 Å². The van der Waals surface area contributed by atoms with E-state index in [1.165, 1.54) is 4.88 Å². The second kappa shape index (κ2) is 7.84. The van der Waals surface area contributed by atoms with Crippen molar-refractivity contribution < 1.29 is 9.53 Å². The number of halogens is 1. The number of nitrogens with zero attached hydrogens (tertiary/aromatic N) is 1. The van der Waals surface area contributed by atoms with Crippen LogP contribution in [0.4, 0.5) is 0 Å². The van der Waals surface area contributed by atoms with Crippen LogP contribution in [0.15, 0.2) is 15.9 Å². The van der Waals surface area contributed by atoms with E-state index in [-0.39, 0.29) is 5.97 Å². The third-order valence-electron chi connectivity index (χ3n) is 2.21. The van der Waals surface area contributed by atoms with Gasteiger partial charge in [0, 0.05) is 11.4 Å². The molecule has 0 spiro atoms. The molecule has 0 N–H and O–H groups in total. The predicted molar refractivity (Wildman–Crippen MR) is 74.2 cm³/mol. The number of ether oxygens (including phenoxy) is 1. The lowest BCUT2D eigenvalue weighted by molar-refractivity contribution is -0.144.